The molecule has 1 heterocycles. The van der Waals surface area contributed by atoms with Crippen LogP contribution in [0.1, 0.15) is 32.7 Å². The Kier molecular flexibility index (Phi) is 4.95. The van der Waals surface area contributed by atoms with Crippen LogP contribution in [0.3, 0.4) is 0 Å². The van der Waals surface area contributed by atoms with Crippen molar-refractivity contribution in [2.45, 2.75) is 32.7 Å². The molecule has 1 atom stereocenters. The van der Waals surface area contributed by atoms with Crippen LogP contribution in [-0.4, -0.2) is 4.98 Å². The number of halogens is 1. The van der Waals surface area contributed by atoms with Crippen molar-refractivity contribution >= 4 is 0 Å². The monoisotopic (exact) mass is 174 g/mol. The highest BCUT2D eigenvalue weighted by atomic mass is 35.5. The number of aromatic nitrogens is 2. The van der Waals surface area contributed by atoms with Crippen LogP contribution in [0, 0.1) is 0 Å². The van der Waals surface area contributed by atoms with Crippen molar-refractivity contribution in [3.8, 4) is 0 Å². The largest absolute Gasteiger partial charge is 1.00 e. The molecule has 0 spiro atoms. The molecule has 2 nitrogen and oxygen atoms in total. The van der Waals surface area contributed by atoms with Crippen molar-refractivity contribution in [2.24, 2.45) is 0 Å². The number of rotatable bonds is 3. The van der Waals surface area contributed by atoms with E-state index in [-0.39, 0.29) is 12.4 Å². The van der Waals surface area contributed by atoms with Crippen molar-refractivity contribution < 1.29 is 17.0 Å². The first-order valence-electron chi connectivity index (χ1n) is 3.88. The molecule has 0 saturated heterocycles. The van der Waals surface area contributed by atoms with Gasteiger partial charge in [0.2, 0.25) is 6.33 Å². The molecule has 1 unspecified atom stereocenters. The maximum Gasteiger partial charge on any atom is 0.241 e. The zero-order chi connectivity index (χ0) is 7.40. The Hall–Kier alpha value is -0.500. The first-order chi connectivity index (χ1) is 4.84. The summed E-state index contributed by atoms with van der Waals surface area (Å²) in [5, 5.41) is 0. The Morgan fingerprint density at radius 3 is 2.73 bits per heavy atom. The number of imidazole rings is 1. The van der Waals surface area contributed by atoms with E-state index in [4.69, 9.17) is 0 Å². The highest BCUT2D eigenvalue weighted by Gasteiger charge is 2.05. The van der Waals surface area contributed by atoms with Crippen LogP contribution in [0.25, 0.3) is 0 Å². The van der Waals surface area contributed by atoms with E-state index in [0.29, 0.717) is 6.04 Å². The van der Waals surface area contributed by atoms with Crippen LogP contribution in [-0.2, 0) is 0 Å². The third-order valence-electron chi connectivity index (χ3n) is 1.78. The second-order valence-electron chi connectivity index (χ2n) is 2.70. The smallest absolute Gasteiger partial charge is 0.241 e. The summed E-state index contributed by atoms with van der Waals surface area (Å²) >= 11 is 0. The van der Waals surface area contributed by atoms with E-state index >= 15 is 0 Å². The molecule has 1 N–H and O–H groups in total. The predicted octanol–water partition coefficient (Wildman–Crippen LogP) is -1.33. The predicted molar refractivity (Wildman–Crippen MR) is 40.6 cm³/mol. The van der Waals surface area contributed by atoms with Crippen molar-refractivity contribution in [3.05, 3.63) is 18.7 Å². The molecule has 64 valence electrons. The summed E-state index contributed by atoms with van der Waals surface area (Å²) < 4.78 is 2.20. The fourth-order valence-electron chi connectivity index (χ4n) is 1.14. The summed E-state index contributed by atoms with van der Waals surface area (Å²) in [6.45, 7) is 4.45. The third kappa shape index (κ3) is 2.93. The summed E-state index contributed by atoms with van der Waals surface area (Å²) in [7, 11) is 0. The van der Waals surface area contributed by atoms with Gasteiger partial charge in [-0.05, 0) is 13.3 Å². The van der Waals surface area contributed by atoms with Crippen molar-refractivity contribution in [1.82, 2.24) is 4.98 Å². The number of hydrogen-bond acceptors (Lipinski definition) is 0. The number of nitrogens with one attached hydrogen (secondary N) is 1. The number of nitrogens with zero attached hydrogens (tertiary/aromatic N) is 1. The summed E-state index contributed by atoms with van der Waals surface area (Å²) in [5.74, 6) is 0. The summed E-state index contributed by atoms with van der Waals surface area (Å²) in [6.07, 6.45) is 8.52. The number of aromatic amines is 1. The molecule has 1 aromatic rings. The van der Waals surface area contributed by atoms with Gasteiger partial charge in [0, 0.05) is 0 Å². The van der Waals surface area contributed by atoms with E-state index in [2.05, 4.69) is 29.6 Å². The summed E-state index contributed by atoms with van der Waals surface area (Å²) in [5.41, 5.74) is 0. The third-order valence-corrected chi connectivity index (χ3v) is 1.78. The van der Waals surface area contributed by atoms with Gasteiger partial charge < -0.3 is 12.4 Å². The molecular formula is C8H15ClN2. The fourth-order valence-corrected chi connectivity index (χ4v) is 1.14. The van der Waals surface area contributed by atoms with Gasteiger partial charge in [-0.15, -0.1) is 0 Å². The standard InChI is InChI=1S/C8H14N2.ClH/c1-3-4-8(2)10-6-5-9-7-10;/h5-8H,3-4H2,1-2H3;1H. The molecule has 0 radical (unpaired) electrons. The second kappa shape index (κ2) is 5.19. The lowest BCUT2D eigenvalue weighted by Gasteiger charge is -2.03. The van der Waals surface area contributed by atoms with Gasteiger partial charge in [0.15, 0.2) is 0 Å². The van der Waals surface area contributed by atoms with Crippen LogP contribution in [0.2, 0.25) is 0 Å². The molecule has 0 aliphatic heterocycles. The topological polar surface area (TPSA) is 19.7 Å². The molecule has 0 amide bonds. The van der Waals surface area contributed by atoms with E-state index in [0.717, 1.165) is 0 Å². The van der Waals surface area contributed by atoms with Crippen molar-refractivity contribution in [2.75, 3.05) is 0 Å². The minimum absolute atomic E-state index is 0. The molecule has 0 fully saturated rings. The molecule has 0 aliphatic carbocycles. The average Bonchev–Trinajstić information content (AvgIpc) is 2.38. The van der Waals surface area contributed by atoms with E-state index < -0.39 is 0 Å². The summed E-state index contributed by atoms with van der Waals surface area (Å²) in [6, 6.07) is 0.635. The molecule has 0 aromatic carbocycles. The number of H-pyrrole nitrogens is 1. The first-order valence-corrected chi connectivity index (χ1v) is 3.88. The molecule has 3 heteroatoms. The Bertz CT molecular complexity index is 172. The maximum atomic E-state index is 3.03. The van der Waals surface area contributed by atoms with Gasteiger partial charge in [-0.25, -0.2) is 4.57 Å². The zero-order valence-electron chi connectivity index (χ0n) is 7.05. The zero-order valence-corrected chi connectivity index (χ0v) is 7.80. The highest BCUT2D eigenvalue weighted by molar-refractivity contribution is 4.57. The molecule has 1 aromatic heterocycles. The number of hydrogen-bond donors (Lipinski definition) is 1. The van der Waals surface area contributed by atoms with Crippen molar-refractivity contribution in [1.29, 1.82) is 0 Å². The van der Waals surface area contributed by atoms with Gasteiger partial charge in [-0.3, -0.25) is 4.98 Å². The van der Waals surface area contributed by atoms with Crippen LogP contribution in [0.15, 0.2) is 18.7 Å². The van der Waals surface area contributed by atoms with Gasteiger partial charge in [-0.2, -0.15) is 0 Å². The summed E-state index contributed by atoms with van der Waals surface area (Å²) in [4.78, 5) is 3.03. The lowest BCUT2D eigenvalue weighted by molar-refractivity contribution is -0.719. The maximum absolute atomic E-state index is 3.03. The Labute approximate surface area is 74.0 Å². The molecule has 1 rings (SSSR count). The average molecular weight is 175 g/mol. The first kappa shape index (κ1) is 10.5. The van der Waals surface area contributed by atoms with Gasteiger partial charge in [0.1, 0.15) is 12.4 Å². The Balaban J connectivity index is 0.000001000. The fraction of sp³-hybridized carbons (Fsp3) is 0.625. The van der Waals surface area contributed by atoms with Crippen LogP contribution in [0.4, 0.5) is 0 Å². The minimum Gasteiger partial charge on any atom is -1.00 e. The van der Waals surface area contributed by atoms with Gasteiger partial charge in [-0.1, -0.05) is 13.3 Å². The minimum atomic E-state index is 0. The molecule has 0 aliphatic rings. The molecular weight excluding hydrogens is 160 g/mol. The van der Waals surface area contributed by atoms with E-state index in [9.17, 15) is 0 Å². The van der Waals surface area contributed by atoms with E-state index in [1.54, 1.807) is 0 Å². The lowest BCUT2D eigenvalue weighted by atomic mass is 10.2. The highest BCUT2D eigenvalue weighted by Crippen LogP contribution is 2.02. The molecule has 0 bridgehead atoms. The Morgan fingerprint density at radius 2 is 2.27 bits per heavy atom. The van der Waals surface area contributed by atoms with Gasteiger partial charge >= 0.3 is 0 Å². The second-order valence-corrected chi connectivity index (χ2v) is 2.70. The van der Waals surface area contributed by atoms with Crippen molar-refractivity contribution in [3.63, 3.8) is 0 Å². The van der Waals surface area contributed by atoms with Gasteiger partial charge in [0.05, 0.1) is 6.04 Å². The van der Waals surface area contributed by atoms with Crippen LogP contribution >= 0.6 is 0 Å². The van der Waals surface area contributed by atoms with E-state index in [1.807, 2.05) is 12.5 Å². The molecule has 0 saturated carbocycles. The normalized spacial score (nSPS) is 12.2. The van der Waals surface area contributed by atoms with Crippen LogP contribution < -0.4 is 17.0 Å². The quantitative estimate of drug-likeness (QED) is 0.548. The Morgan fingerprint density at radius 1 is 1.55 bits per heavy atom. The van der Waals surface area contributed by atoms with Gasteiger partial charge in [0.25, 0.3) is 0 Å². The van der Waals surface area contributed by atoms with Crippen LogP contribution in [0.5, 0.6) is 0 Å². The van der Waals surface area contributed by atoms with E-state index in [1.165, 1.54) is 12.8 Å². The molecule has 11 heavy (non-hydrogen) atoms. The SMILES string of the molecule is CCCC(C)[n+]1cc[nH]c1.[Cl-]. The lowest BCUT2D eigenvalue weighted by Crippen LogP contribution is -3.00.